The van der Waals surface area contributed by atoms with Crippen molar-refractivity contribution in [1.29, 1.82) is 0 Å². The summed E-state index contributed by atoms with van der Waals surface area (Å²) >= 11 is 1.51. The van der Waals surface area contributed by atoms with Gasteiger partial charge in [-0.1, -0.05) is 44.2 Å². The van der Waals surface area contributed by atoms with E-state index in [1.54, 1.807) is 6.92 Å². The number of rotatable bonds is 8. The number of hydrogen-bond acceptors (Lipinski definition) is 3. The van der Waals surface area contributed by atoms with Gasteiger partial charge >= 0.3 is 5.97 Å². The number of aliphatic carboxylic acids is 1. The van der Waals surface area contributed by atoms with Gasteiger partial charge < -0.3 is 10.4 Å². The second kappa shape index (κ2) is 8.72. The standard InChI is InChI=1S/C16H23NO3S/c1-11(2)9-14(16(19)20)17-15(18)12(3)21-10-13-7-5-4-6-8-13/h4-8,11-12,14H,9-10H2,1-3H3,(H,17,18)(H,19,20)/t12?,14-/m1/s1. The van der Waals surface area contributed by atoms with Gasteiger partial charge in [-0.25, -0.2) is 4.79 Å². The van der Waals surface area contributed by atoms with Gasteiger partial charge in [0, 0.05) is 5.75 Å². The average Bonchev–Trinajstić information content (AvgIpc) is 2.44. The maximum atomic E-state index is 12.1. The molecule has 0 aromatic heterocycles. The minimum atomic E-state index is -0.975. The van der Waals surface area contributed by atoms with Crippen LogP contribution in [-0.4, -0.2) is 28.3 Å². The van der Waals surface area contributed by atoms with E-state index < -0.39 is 12.0 Å². The Morgan fingerprint density at radius 3 is 2.33 bits per heavy atom. The van der Waals surface area contributed by atoms with Crippen LogP contribution in [0.5, 0.6) is 0 Å². The summed E-state index contributed by atoms with van der Waals surface area (Å²) in [4.78, 5) is 23.2. The predicted octanol–water partition coefficient (Wildman–Crippen LogP) is 2.92. The Hall–Kier alpha value is -1.49. The van der Waals surface area contributed by atoms with Gasteiger partial charge in [-0.2, -0.15) is 0 Å². The van der Waals surface area contributed by atoms with Crippen LogP contribution in [0.4, 0.5) is 0 Å². The van der Waals surface area contributed by atoms with E-state index in [1.165, 1.54) is 11.8 Å². The predicted molar refractivity (Wildman–Crippen MR) is 86.2 cm³/mol. The second-order valence-corrected chi connectivity index (χ2v) is 6.80. The third kappa shape index (κ3) is 6.67. The molecular formula is C16H23NO3S. The van der Waals surface area contributed by atoms with Crippen molar-refractivity contribution >= 4 is 23.6 Å². The normalized spacial score (nSPS) is 13.7. The van der Waals surface area contributed by atoms with Crippen LogP contribution in [0.3, 0.4) is 0 Å². The summed E-state index contributed by atoms with van der Waals surface area (Å²) in [5.74, 6) is -0.239. The van der Waals surface area contributed by atoms with Gasteiger partial charge in [-0.05, 0) is 24.8 Å². The summed E-state index contributed by atoms with van der Waals surface area (Å²) in [5, 5.41) is 11.5. The van der Waals surface area contributed by atoms with Crippen LogP contribution in [0.25, 0.3) is 0 Å². The Kier molecular flexibility index (Phi) is 7.29. The van der Waals surface area contributed by atoms with Crippen molar-refractivity contribution in [1.82, 2.24) is 5.32 Å². The lowest BCUT2D eigenvalue weighted by molar-refractivity contribution is -0.142. The number of thioether (sulfide) groups is 1. The van der Waals surface area contributed by atoms with Crippen molar-refractivity contribution in [2.75, 3.05) is 0 Å². The number of carbonyl (C=O) groups is 2. The molecule has 1 aromatic carbocycles. The van der Waals surface area contributed by atoms with Gasteiger partial charge in [0.25, 0.3) is 0 Å². The third-order valence-electron chi connectivity index (χ3n) is 3.03. The van der Waals surface area contributed by atoms with E-state index >= 15 is 0 Å². The van der Waals surface area contributed by atoms with E-state index in [2.05, 4.69) is 5.32 Å². The van der Waals surface area contributed by atoms with Crippen molar-refractivity contribution in [2.24, 2.45) is 5.92 Å². The zero-order valence-electron chi connectivity index (χ0n) is 12.7. The second-order valence-electron chi connectivity index (χ2n) is 5.47. The first-order valence-electron chi connectivity index (χ1n) is 7.09. The Bertz CT molecular complexity index is 462. The Morgan fingerprint density at radius 1 is 1.19 bits per heavy atom. The molecule has 0 fully saturated rings. The first-order valence-corrected chi connectivity index (χ1v) is 8.13. The Labute approximate surface area is 130 Å². The molecule has 0 radical (unpaired) electrons. The molecule has 0 saturated heterocycles. The largest absolute Gasteiger partial charge is 0.480 e. The van der Waals surface area contributed by atoms with E-state index in [0.717, 1.165) is 11.3 Å². The van der Waals surface area contributed by atoms with Crippen LogP contribution in [0, 0.1) is 5.92 Å². The lowest BCUT2D eigenvalue weighted by Gasteiger charge is -2.19. The molecule has 1 rings (SSSR count). The molecule has 0 bridgehead atoms. The van der Waals surface area contributed by atoms with Crippen LogP contribution in [-0.2, 0) is 15.3 Å². The van der Waals surface area contributed by atoms with E-state index in [1.807, 2.05) is 44.2 Å². The van der Waals surface area contributed by atoms with E-state index in [0.29, 0.717) is 6.42 Å². The molecular weight excluding hydrogens is 286 g/mol. The number of carboxylic acid groups (broad SMARTS) is 1. The first-order chi connectivity index (χ1) is 9.90. The number of carbonyl (C=O) groups excluding carboxylic acids is 1. The lowest BCUT2D eigenvalue weighted by atomic mass is 10.0. The van der Waals surface area contributed by atoms with Gasteiger partial charge in [0.15, 0.2) is 0 Å². The maximum Gasteiger partial charge on any atom is 0.326 e. The third-order valence-corrected chi connectivity index (χ3v) is 4.25. The quantitative estimate of drug-likeness (QED) is 0.775. The van der Waals surface area contributed by atoms with E-state index in [-0.39, 0.29) is 17.1 Å². The smallest absolute Gasteiger partial charge is 0.326 e. The molecule has 0 heterocycles. The minimum Gasteiger partial charge on any atom is -0.480 e. The molecule has 0 aliphatic carbocycles. The lowest BCUT2D eigenvalue weighted by Crippen LogP contribution is -2.44. The van der Waals surface area contributed by atoms with Crippen LogP contribution in [0.1, 0.15) is 32.8 Å². The summed E-state index contributed by atoms with van der Waals surface area (Å²) < 4.78 is 0. The zero-order valence-corrected chi connectivity index (χ0v) is 13.5. The summed E-state index contributed by atoms with van der Waals surface area (Å²) in [6.07, 6.45) is 0.442. The summed E-state index contributed by atoms with van der Waals surface area (Å²) in [5.41, 5.74) is 1.15. The van der Waals surface area contributed by atoms with E-state index in [4.69, 9.17) is 5.11 Å². The SMILES string of the molecule is CC(C)C[C@@H](NC(=O)C(C)SCc1ccccc1)C(=O)O. The van der Waals surface area contributed by atoms with Crippen molar-refractivity contribution in [3.05, 3.63) is 35.9 Å². The van der Waals surface area contributed by atoms with Gasteiger partial charge in [-0.15, -0.1) is 11.8 Å². The van der Waals surface area contributed by atoms with Crippen LogP contribution < -0.4 is 5.32 Å². The molecule has 0 aliphatic heterocycles. The van der Waals surface area contributed by atoms with E-state index in [9.17, 15) is 9.59 Å². The van der Waals surface area contributed by atoms with Gasteiger partial charge in [-0.3, -0.25) is 4.79 Å². The van der Waals surface area contributed by atoms with Gasteiger partial charge in [0.2, 0.25) is 5.91 Å². The first kappa shape index (κ1) is 17.6. The van der Waals surface area contributed by atoms with Crippen molar-refractivity contribution in [3.8, 4) is 0 Å². The Balaban J connectivity index is 2.47. The zero-order chi connectivity index (χ0) is 15.8. The summed E-state index contributed by atoms with van der Waals surface area (Å²) in [6.45, 7) is 5.68. The summed E-state index contributed by atoms with van der Waals surface area (Å²) in [7, 11) is 0. The van der Waals surface area contributed by atoms with Crippen molar-refractivity contribution in [2.45, 2.75) is 44.2 Å². The van der Waals surface area contributed by atoms with Crippen molar-refractivity contribution < 1.29 is 14.7 Å². The molecule has 1 aromatic rings. The fourth-order valence-electron chi connectivity index (χ4n) is 1.85. The number of amides is 1. The topological polar surface area (TPSA) is 66.4 Å². The minimum absolute atomic E-state index is 0.219. The maximum absolute atomic E-state index is 12.1. The fourth-order valence-corrected chi connectivity index (χ4v) is 2.71. The summed E-state index contributed by atoms with van der Waals surface area (Å²) in [6, 6.07) is 9.09. The highest BCUT2D eigenvalue weighted by Gasteiger charge is 2.23. The molecule has 116 valence electrons. The molecule has 1 unspecified atom stereocenters. The highest BCUT2D eigenvalue weighted by Crippen LogP contribution is 2.18. The molecule has 1 amide bonds. The fraction of sp³-hybridized carbons (Fsp3) is 0.500. The molecule has 5 heteroatoms. The number of carboxylic acids is 1. The molecule has 0 aliphatic rings. The van der Waals surface area contributed by atoms with Crippen LogP contribution in [0.15, 0.2) is 30.3 Å². The average molecular weight is 309 g/mol. The van der Waals surface area contributed by atoms with Gasteiger partial charge in [0.1, 0.15) is 6.04 Å². The molecule has 2 N–H and O–H groups in total. The molecule has 21 heavy (non-hydrogen) atoms. The highest BCUT2D eigenvalue weighted by molar-refractivity contribution is 7.99. The monoisotopic (exact) mass is 309 g/mol. The van der Waals surface area contributed by atoms with Gasteiger partial charge in [0.05, 0.1) is 5.25 Å². The van der Waals surface area contributed by atoms with Crippen LogP contribution in [0.2, 0.25) is 0 Å². The number of hydrogen-bond donors (Lipinski definition) is 2. The molecule has 4 nitrogen and oxygen atoms in total. The van der Waals surface area contributed by atoms with Crippen molar-refractivity contribution in [3.63, 3.8) is 0 Å². The highest BCUT2D eigenvalue weighted by atomic mass is 32.2. The number of benzene rings is 1. The molecule has 2 atom stereocenters. The number of nitrogens with one attached hydrogen (secondary N) is 1. The molecule has 0 saturated carbocycles. The molecule has 0 spiro atoms. The Morgan fingerprint density at radius 2 is 1.81 bits per heavy atom. The van der Waals surface area contributed by atoms with Crippen LogP contribution >= 0.6 is 11.8 Å².